The van der Waals surface area contributed by atoms with Gasteiger partial charge >= 0.3 is 0 Å². The first-order valence-corrected chi connectivity index (χ1v) is 9.99. The van der Waals surface area contributed by atoms with Crippen molar-refractivity contribution in [3.63, 3.8) is 0 Å². The number of hydrogen-bond donors (Lipinski definition) is 0. The molecule has 0 unspecified atom stereocenters. The van der Waals surface area contributed by atoms with Gasteiger partial charge in [-0.1, -0.05) is 35.0 Å². The van der Waals surface area contributed by atoms with Gasteiger partial charge in [-0.15, -0.1) is 0 Å². The lowest BCUT2D eigenvalue weighted by molar-refractivity contribution is -0.138. The standard InChI is InChI=1S/C21H24BrFN2O2/c1-2-19-14-24(13-16-3-7-18(23)8-4-16)11-12-25(19)21(26)15-27-20-9-5-17(22)6-10-20/h3-10,19H,2,11-15H2,1H3/t19-/m1/s1. The van der Waals surface area contributed by atoms with Gasteiger partial charge in [-0.2, -0.15) is 0 Å². The highest BCUT2D eigenvalue weighted by molar-refractivity contribution is 9.10. The van der Waals surface area contributed by atoms with E-state index in [2.05, 4.69) is 27.8 Å². The Morgan fingerprint density at radius 1 is 1.15 bits per heavy atom. The second-order valence-corrected chi connectivity index (χ2v) is 7.67. The summed E-state index contributed by atoms with van der Waals surface area (Å²) in [5.74, 6) is 0.493. The van der Waals surface area contributed by atoms with Crippen molar-refractivity contribution in [2.45, 2.75) is 25.9 Å². The van der Waals surface area contributed by atoms with Crippen LogP contribution in [-0.4, -0.2) is 48.0 Å². The first kappa shape index (κ1) is 19.8. The molecular formula is C21H24BrFN2O2. The molecule has 0 aliphatic carbocycles. The predicted molar refractivity (Wildman–Crippen MR) is 107 cm³/mol. The number of benzene rings is 2. The van der Waals surface area contributed by atoms with Crippen LogP contribution < -0.4 is 4.74 Å². The Labute approximate surface area is 168 Å². The highest BCUT2D eigenvalue weighted by atomic mass is 79.9. The minimum atomic E-state index is -0.216. The molecule has 0 radical (unpaired) electrons. The molecule has 3 rings (SSSR count). The van der Waals surface area contributed by atoms with E-state index in [0.29, 0.717) is 12.3 Å². The highest BCUT2D eigenvalue weighted by Gasteiger charge is 2.29. The fourth-order valence-electron chi connectivity index (χ4n) is 3.35. The monoisotopic (exact) mass is 434 g/mol. The Bertz CT molecular complexity index is 752. The number of hydrogen-bond acceptors (Lipinski definition) is 3. The minimum Gasteiger partial charge on any atom is -0.484 e. The maximum atomic E-state index is 13.1. The van der Waals surface area contributed by atoms with E-state index < -0.39 is 0 Å². The Hall–Kier alpha value is -1.92. The van der Waals surface area contributed by atoms with Crippen molar-refractivity contribution >= 4 is 21.8 Å². The van der Waals surface area contributed by atoms with E-state index in [0.717, 1.165) is 36.1 Å². The lowest BCUT2D eigenvalue weighted by atomic mass is 10.1. The van der Waals surface area contributed by atoms with Crippen molar-refractivity contribution in [1.29, 1.82) is 0 Å². The normalized spacial score (nSPS) is 17.7. The summed E-state index contributed by atoms with van der Waals surface area (Å²) in [5, 5.41) is 0. The highest BCUT2D eigenvalue weighted by Crippen LogP contribution is 2.18. The third kappa shape index (κ3) is 5.53. The topological polar surface area (TPSA) is 32.8 Å². The Balaban J connectivity index is 1.53. The summed E-state index contributed by atoms with van der Waals surface area (Å²) in [4.78, 5) is 16.9. The van der Waals surface area contributed by atoms with E-state index in [1.54, 1.807) is 0 Å². The van der Waals surface area contributed by atoms with Gasteiger partial charge in [-0.05, 0) is 48.4 Å². The maximum Gasteiger partial charge on any atom is 0.260 e. The van der Waals surface area contributed by atoms with E-state index in [1.807, 2.05) is 41.3 Å². The lowest BCUT2D eigenvalue weighted by Crippen LogP contribution is -2.55. The van der Waals surface area contributed by atoms with Gasteiger partial charge < -0.3 is 9.64 Å². The van der Waals surface area contributed by atoms with Crippen LogP contribution in [0.15, 0.2) is 53.0 Å². The quantitative estimate of drug-likeness (QED) is 0.686. The summed E-state index contributed by atoms with van der Waals surface area (Å²) >= 11 is 3.38. The van der Waals surface area contributed by atoms with E-state index in [1.165, 1.54) is 12.1 Å². The van der Waals surface area contributed by atoms with Crippen LogP contribution in [0.25, 0.3) is 0 Å². The van der Waals surface area contributed by atoms with Gasteiger partial charge in [0, 0.05) is 36.7 Å². The molecule has 1 aliphatic rings. The summed E-state index contributed by atoms with van der Waals surface area (Å²) in [6.45, 7) is 5.23. The van der Waals surface area contributed by atoms with Gasteiger partial charge in [-0.3, -0.25) is 9.69 Å². The number of ether oxygens (including phenoxy) is 1. The van der Waals surface area contributed by atoms with Crippen molar-refractivity contribution in [1.82, 2.24) is 9.80 Å². The molecule has 1 aliphatic heterocycles. The zero-order chi connectivity index (χ0) is 19.2. The molecule has 2 aromatic rings. The molecule has 1 fully saturated rings. The number of nitrogens with zero attached hydrogens (tertiary/aromatic N) is 2. The van der Waals surface area contributed by atoms with Crippen molar-refractivity contribution in [3.05, 3.63) is 64.4 Å². The molecule has 0 saturated carbocycles. The first-order valence-electron chi connectivity index (χ1n) is 9.20. The summed E-state index contributed by atoms with van der Waals surface area (Å²) in [7, 11) is 0. The van der Waals surface area contributed by atoms with Crippen LogP contribution in [0.4, 0.5) is 4.39 Å². The Morgan fingerprint density at radius 3 is 2.52 bits per heavy atom. The first-order chi connectivity index (χ1) is 13.0. The molecule has 0 spiro atoms. The van der Waals surface area contributed by atoms with Crippen LogP contribution in [0.2, 0.25) is 0 Å². The molecule has 144 valence electrons. The van der Waals surface area contributed by atoms with Gasteiger partial charge in [-0.25, -0.2) is 4.39 Å². The summed E-state index contributed by atoms with van der Waals surface area (Å²) in [6.07, 6.45) is 0.893. The molecule has 1 amide bonds. The smallest absolute Gasteiger partial charge is 0.260 e. The molecule has 0 bridgehead atoms. The maximum absolute atomic E-state index is 13.1. The number of carbonyl (C=O) groups is 1. The van der Waals surface area contributed by atoms with E-state index >= 15 is 0 Å². The van der Waals surface area contributed by atoms with Crippen molar-refractivity contribution in [2.75, 3.05) is 26.2 Å². The van der Waals surface area contributed by atoms with E-state index in [4.69, 9.17) is 4.74 Å². The van der Waals surface area contributed by atoms with Crippen molar-refractivity contribution < 1.29 is 13.9 Å². The van der Waals surface area contributed by atoms with Crippen LogP contribution >= 0.6 is 15.9 Å². The Kier molecular flexibility index (Phi) is 6.85. The average Bonchev–Trinajstić information content (AvgIpc) is 2.69. The largest absolute Gasteiger partial charge is 0.484 e. The summed E-state index contributed by atoms with van der Waals surface area (Å²) < 4.78 is 19.7. The van der Waals surface area contributed by atoms with Crippen molar-refractivity contribution in [3.8, 4) is 5.75 Å². The number of piperazine rings is 1. The van der Waals surface area contributed by atoms with Gasteiger partial charge in [0.15, 0.2) is 6.61 Å². The van der Waals surface area contributed by atoms with E-state index in [-0.39, 0.29) is 24.4 Å². The fourth-order valence-corrected chi connectivity index (χ4v) is 3.61. The van der Waals surface area contributed by atoms with Crippen molar-refractivity contribution in [2.24, 2.45) is 0 Å². The lowest BCUT2D eigenvalue weighted by Gasteiger charge is -2.41. The third-order valence-corrected chi connectivity index (χ3v) is 5.38. The van der Waals surface area contributed by atoms with Crippen LogP contribution in [-0.2, 0) is 11.3 Å². The van der Waals surface area contributed by atoms with Crippen LogP contribution in [0, 0.1) is 5.82 Å². The van der Waals surface area contributed by atoms with Crippen LogP contribution in [0.5, 0.6) is 5.75 Å². The Morgan fingerprint density at radius 2 is 1.85 bits per heavy atom. The average molecular weight is 435 g/mol. The zero-order valence-electron chi connectivity index (χ0n) is 15.4. The molecule has 1 atom stereocenters. The van der Waals surface area contributed by atoms with Gasteiger partial charge in [0.25, 0.3) is 5.91 Å². The van der Waals surface area contributed by atoms with Gasteiger partial charge in [0.2, 0.25) is 0 Å². The molecule has 1 saturated heterocycles. The second kappa shape index (κ2) is 9.33. The molecule has 4 nitrogen and oxygen atoms in total. The fraction of sp³-hybridized carbons (Fsp3) is 0.381. The minimum absolute atomic E-state index is 0.0196. The van der Waals surface area contributed by atoms with Gasteiger partial charge in [0.1, 0.15) is 11.6 Å². The predicted octanol–water partition coefficient (Wildman–Crippen LogP) is 4.09. The molecule has 27 heavy (non-hydrogen) atoms. The van der Waals surface area contributed by atoms with Gasteiger partial charge in [0.05, 0.1) is 0 Å². The molecule has 1 heterocycles. The SMILES string of the molecule is CC[C@@H]1CN(Cc2ccc(F)cc2)CCN1C(=O)COc1ccc(Br)cc1. The number of halogens is 2. The zero-order valence-corrected chi connectivity index (χ0v) is 17.0. The number of rotatable bonds is 6. The van der Waals surface area contributed by atoms with E-state index in [9.17, 15) is 9.18 Å². The summed E-state index contributed by atoms with van der Waals surface area (Å²) in [5.41, 5.74) is 1.09. The molecule has 0 N–H and O–H groups in total. The molecule has 6 heteroatoms. The number of carbonyl (C=O) groups excluding carboxylic acids is 1. The summed E-state index contributed by atoms with van der Waals surface area (Å²) in [6, 6.07) is 14.3. The van der Waals surface area contributed by atoms with Crippen LogP contribution in [0.1, 0.15) is 18.9 Å². The third-order valence-electron chi connectivity index (χ3n) is 4.85. The molecule has 2 aromatic carbocycles. The molecular weight excluding hydrogens is 411 g/mol. The number of amides is 1. The second-order valence-electron chi connectivity index (χ2n) is 6.75. The van der Waals surface area contributed by atoms with Crippen LogP contribution in [0.3, 0.4) is 0 Å². The molecule has 0 aromatic heterocycles.